The van der Waals surface area contributed by atoms with Gasteiger partial charge in [0, 0.05) is 0 Å². The molecule has 1 aliphatic carbocycles. The molecule has 2 nitrogen and oxygen atoms in total. The van der Waals surface area contributed by atoms with Crippen LogP contribution in [0.15, 0.2) is 5.51 Å². The first-order valence-corrected chi connectivity index (χ1v) is 5.73. The summed E-state index contributed by atoms with van der Waals surface area (Å²) in [6.45, 7) is 1.98. The number of aliphatic hydroxyl groups is 1. The fraction of sp³-hybridized carbons (Fsp3) is 0.700. The monoisotopic (exact) mass is 197 g/mol. The number of rotatable bonds is 1. The van der Waals surface area contributed by atoms with E-state index in [1.54, 1.807) is 11.3 Å². The van der Waals surface area contributed by atoms with Crippen molar-refractivity contribution in [3.63, 3.8) is 0 Å². The van der Waals surface area contributed by atoms with E-state index in [9.17, 15) is 5.11 Å². The molecule has 0 radical (unpaired) electrons. The normalized spacial score (nSPS) is 21.7. The van der Waals surface area contributed by atoms with Crippen LogP contribution in [0.2, 0.25) is 0 Å². The second kappa shape index (κ2) is 3.39. The maximum absolute atomic E-state index is 10.4. The maximum Gasteiger partial charge on any atom is 0.101 e. The molecule has 0 saturated heterocycles. The third-order valence-electron chi connectivity index (χ3n) is 2.85. The van der Waals surface area contributed by atoms with E-state index in [1.807, 2.05) is 12.4 Å². The Labute approximate surface area is 82.6 Å². The van der Waals surface area contributed by atoms with E-state index in [0.717, 1.165) is 36.3 Å². The van der Waals surface area contributed by atoms with Crippen LogP contribution >= 0.6 is 11.3 Å². The fourth-order valence-electron chi connectivity index (χ4n) is 2.11. The van der Waals surface area contributed by atoms with Gasteiger partial charge in [0.25, 0.3) is 0 Å². The molecule has 0 aliphatic heterocycles. The lowest BCUT2D eigenvalue weighted by Crippen LogP contribution is -2.28. The Morgan fingerprint density at radius 1 is 1.38 bits per heavy atom. The van der Waals surface area contributed by atoms with Gasteiger partial charge in [-0.05, 0) is 19.8 Å². The molecule has 0 bridgehead atoms. The SMILES string of the molecule is Cc1ncsc1C1(O)CCCCC1. The number of nitrogens with zero attached hydrogens (tertiary/aromatic N) is 1. The Morgan fingerprint density at radius 2 is 2.08 bits per heavy atom. The molecule has 0 atom stereocenters. The Kier molecular flexibility index (Phi) is 2.39. The molecule has 1 heterocycles. The first-order chi connectivity index (χ1) is 6.22. The lowest BCUT2D eigenvalue weighted by Gasteiger charge is -2.31. The molecule has 0 unspecified atom stereocenters. The van der Waals surface area contributed by atoms with Crippen molar-refractivity contribution in [3.05, 3.63) is 16.1 Å². The van der Waals surface area contributed by atoms with Crippen LogP contribution < -0.4 is 0 Å². The van der Waals surface area contributed by atoms with Crippen LogP contribution in [-0.4, -0.2) is 10.1 Å². The summed E-state index contributed by atoms with van der Waals surface area (Å²) >= 11 is 1.59. The highest BCUT2D eigenvalue weighted by molar-refractivity contribution is 7.09. The van der Waals surface area contributed by atoms with E-state index in [-0.39, 0.29) is 0 Å². The summed E-state index contributed by atoms with van der Waals surface area (Å²) < 4.78 is 0. The van der Waals surface area contributed by atoms with E-state index in [1.165, 1.54) is 6.42 Å². The zero-order chi connectivity index (χ0) is 9.31. The van der Waals surface area contributed by atoms with E-state index >= 15 is 0 Å². The van der Waals surface area contributed by atoms with Gasteiger partial charge in [0.05, 0.1) is 16.1 Å². The molecular weight excluding hydrogens is 182 g/mol. The van der Waals surface area contributed by atoms with Crippen LogP contribution in [0.5, 0.6) is 0 Å². The molecule has 0 aromatic carbocycles. The largest absolute Gasteiger partial charge is 0.384 e. The standard InChI is InChI=1S/C10H15NOS/c1-8-9(13-7-11-8)10(12)5-3-2-4-6-10/h7,12H,2-6H2,1H3. The molecule has 72 valence electrons. The maximum atomic E-state index is 10.4. The Bertz CT molecular complexity index is 289. The van der Waals surface area contributed by atoms with Gasteiger partial charge >= 0.3 is 0 Å². The average molecular weight is 197 g/mol. The van der Waals surface area contributed by atoms with Crippen molar-refractivity contribution in [2.24, 2.45) is 0 Å². The van der Waals surface area contributed by atoms with Crippen molar-refractivity contribution in [3.8, 4) is 0 Å². The summed E-state index contributed by atoms with van der Waals surface area (Å²) in [5.74, 6) is 0. The quantitative estimate of drug-likeness (QED) is 0.750. The van der Waals surface area contributed by atoms with Crippen molar-refractivity contribution in [2.75, 3.05) is 0 Å². The minimum atomic E-state index is -0.552. The van der Waals surface area contributed by atoms with Gasteiger partial charge in [-0.15, -0.1) is 11.3 Å². The van der Waals surface area contributed by atoms with Crippen LogP contribution in [0.3, 0.4) is 0 Å². The Morgan fingerprint density at radius 3 is 2.62 bits per heavy atom. The number of aryl methyl sites for hydroxylation is 1. The Balaban J connectivity index is 2.27. The van der Waals surface area contributed by atoms with Gasteiger partial charge in [0.2, 0.25) is 0 Å². The van der Waals surface area contributed by atoms with Crippen molar-refractivity contribution in [1.29, 1.82) is 0 Å². The molecule has 1 aliphatic rings. The lowest BCUT2D eigenvalue weighted by molar-refractivity contribution is 0.00211. The third-order valence-corrected chi connectivity index (χ3v) is 3.97. The van der Waals surface area contributed by atoms with Crippen molar-refractivity contribution in [1.82, 2.24) is 4.98 Å². The van der Waals surface area contributed by atoms with Crippen LogP contribution in [-0.2, 0) is 5.60 Å². The van der Waals surface area contributed by atoms with Crippen molar-refractivity contribution in [2.45, 2.75) is 44.6 Å². The minimum Gasteiger partial charge on any atom is -0.384 e. The molecular formula is C10H15NOS. The van der Waals surface area contributed by atoms with Crippen molar-refractivity contribution < 1.29 is 5.11 Å². The minimum absolute atomic E-state index is 0.552. The van der Waals surface area contributed by atoms with Crippen molar-refractivity contribution >= 4 is 11.3 Å². The van der Waals surface area contributed by atoms with E-state index in [2.05, 4.69) is 4.98 Å². The second-order valence-electron chi connectivity index (χ2n) is 3.86. The first-order valence-electron chi connectivity index (χ1n) is 4.85. The van der Waals surface area contributed by atoms with Crippen LogP contribution in [0.4, 0.5) is 0 Å². The second-order valence-corrected chi connectivity index (χ2v) is 4.71. The van der Waals surface area contributed by atoms with E-state index in [0.29, 0.717) is 0 Å². The molecule has 13 heavy (non-hydrogen) atoms. The zero-order valence-corrected chi connectivity index (χ0v) is 8.73. The van der Waals surface area contributed by atoms with Crippen LogP contribution in [0.25, 0.3) is 0 Å². The summed E-state index contributed by atoms with van der Waals surface area (Å²) in [6.07, 6.45) is 5.38. The van der Waals surface area contributed by atoms with Crippen LogP contribution in [0.1, 0.15) is 42.7 Å². The molecule has 0 amide bonds. The molecule has 1 N–H and O–H groups in total. The summed E-state index contributed by atoms with van der Waals surface area (Å²) in [5, 5.41) is 10.4. The number of hydrogen-bond acceptors (Lipinski definition) is 3. The highest BCUT2D eigenvalue weighted by atomic mass is 32.1. The van der Waals surface area contributed by atoms with E-state index < -0.39 is 5.60 Å². The Hall–Kier alpha value is -0.410. The van der Waals surface area contributed by atoms with Crippen LogP contribution in [0, 0.1) is 6.92 Å². The van der Waals surface area contributed by atoms with Gasteiger partial charge < -0.3 is 5.11 Å². The predicted octanol–water partition coefficient (Wildman–Crippen LogP) is 2.60. The molecule has 2 rings (SSSR count). The number of hydrogen-bond donors (Lipinski definition) is 1. The molecule has 1 saturated carbocycles. The van der Waals surface area contributed by atoms with Gasteiger partial charge in [-0.2, -0.15) is 0 Å². The number of thiazole rings is 1. The summed E-state index contributed by atoms with van der Waals surface area (Å²) in [4.78, 5) is 5.29. The van der Waals surface area contributed by atoms with Gasteiger partial charge in [-0.1, -0.05) is 19.3 Å². The van der Waals surface area contributed by atoms with E-state index in [4.69, 9.17) is 0 Å². The van der Waals surface area contributed by atoms with Gasteiger partial charge in [0.15, 0.2) is 0 Å². The fourth-order valence-corrected chi connectivity index (χ4v) is 3.08. The highest BCUT2D eigenvalue weighted by Crippen LogP contribution is 2.39. The molecule has 1 aromatic heterocycles. The van der Waals surface area contributed by atoms with Gasteiger partial charge in [-0.25, -0.2) is 4.98 Å². The van der Waals surface area contributed by atoms with Gasteiger partial charge in [-0.3, -0.25) is 0 Å². The molecule has 1 fully saturated rings. The zero-order valence-electron chi connectivity index (χ0n) is 7.92. The smallest absolute Gasteiger partial charge is 0.101 e. The third kappa shape index (κ3) is 1.63. The lowest BCUT2D eigenvalue weighted by atomic mass is 9.83. The predicted molar refractivity (Wildman–Crippen MR) is 53.8 cm³/mol. The number of aromatic nitrogens is 1. The molecule has 1 aromatic rings. The average Bonchev–Trinajstić information content (AvgIpc) is 2.53. The summed E-state index contributed by atoms with van der Waals surface area (Å²) in [6, 6.07) is 0. The topological polar surface area (TPSA) is 33.1 Å². The summed E-state index contributed by atoms with van der Waals surface area (Å²) in [7, 11) is 0. The molecule has 3 heteroatoms. The van der Waals surface area contributed by atoms with Gasteiger partial charge in [0.1, 0.15) is 5.60 Å². The highest BCUT2D eigenvalue weighted by Gasteiger charge is 2.33. The summed E-state index contributed by atoms with van der Waals surface area (Å²) in [5.41, 5.74) is 2.29. The molecule has 0 spiro atoms. The first kappa shape index (κ1) is 9.16.